The van der Waals surface area contributed by atoms with Gasteiger partial charge in [-0.3, -0.25) is 4.90 Å². The minimum atomic E-state index is -0.607. The molecule has 31 heavy (non-hydrogen) atoms. The average molecular weight is 430 g/mol. The molecule has 4 unspecified atom stereocenters. The molecule has 4 atom stereocenters. The first-order valence-corrected chi connectivity index (χ1v) is 11.7. The topological polar surface area (TPSA) is 81.6 Å². The number of aromatic nitrogens is 2. The van der Waals surface area contributed by atoms with E-state index in [2.05, 4.69) is 21.8 Å². The first-order valence-electron chi connectivity index (χ1n) is 11.7. The Balaban J connectivity index is 1.23. The van der Waals surface area contributed by atoms with Gasteiger partial charge in [-0.25, -0.2) is 9.37 Å². The molecular formula is C24H32FN3O3. The van der Waals surface area contributed by atoms with Crippen molar-refractivity contribution in [1.29, 1.82) is 0 Å². The van der Waals surface area contributed by atoms with Crippen LogP contribution in [0.3, 0.4) is 0 Å². The molecule has 3 saturated carbocycles. The number of pyridine rings is 1. The maximum Gasteiger partial charge on any atom is 0.177 e. The highest BCUT2D eigenvalue weighted by Gasteiger charge is 2.59. The van der Waals surface area contributed by atoms with E-state index in [-0.39, 0.29) is 41.1 Å². The predicted octanol–water partition coefficient (Wildman–Crippen LogP) is 3.82. The number of H-pyrrole nitrogens is 1. The number of ether oxygens (including phenoxy) is 1. The third-order valence-electron chi connectivity index (χ3n) is 8.18. The Morgan fingerprint density at radius 1 is 1.29 bits per heavy atom. The number of hydrogen-bond donors (Lipinski definition) is 3. The van der Waals surface area contributed by atoms with Crippen molar-refractivity contribution in [1.82, 2.24) is 14.9 Å². The molecule has 0 amide bonds. The Morgan fingerprint density at radius 3 is 2.65 bits per heavy atom. The number of fused-ring (bicyclic) bond motifs is 1. The van der Waals surface area contributed by atoms with Gasteiger partial charge in [0.2, 0.25) is 0 Å². The second-order valence-corrected chi connectivity index (χ2v) is 11.1. The van der Waals surface area contributed by atoms with Crippen LogP contribution in [0.1, 0.15) is 76.7 Å². The van der Waals surface area contributed by atoms with Gasteiger partial charge >= 0.3 is 0 Å². The molecule has 4 heterocycles. The highest BCUT2D eigenvalue weighted by Crippen LogP contribution is 2.58. The van der Waals surface area contributed by atoms with Gasteiger partial charge in [-0.05, 0) is 68.3 Å². The molecule has 0 spiro atoms. The van der Waals surface area contributed by atoms with Crippen LogP contribution in [-0.2, 0) is 0 Å². The lowest BCUT2D eigenvalue weighted by molar-refractivity contribution is -0.221. The van der Waals surface area contributed by atoms with Gasteiger partial charge in [-0.2, -0.15) is 0 Å². The lowest BCUT2D eigenvalue weighted by Crippen LogP contribution is -2.69. The van der Waals surface area contributed by atoms with E-state index in [0.717, 1.165) is 50.5 Å². The highest BCUT2D eigenvalue weighted by molar-refractivity contribution is 5.82. The zero-order valence-corrected chi connectivity index (χ0v) is 18.3. The van der Waals surface area contributed by atoms with Gasteiger partial charge in [0.1, 0.15) is 11.9 Å². The second kappa shape index (κ2) is 6.65. The number of halogens is 1. The molecule has 7 heteroatoms. The summed E-state index contributed by atoms with van der Waals surface area (Å²) in [7, 11) is 0. The van der Waals surface area contributed by atoms with E-state index in [4.69, 9.17) is 4.74 Å². The van der Waals surface area contributed by atoms with Crippen LogP contribution in [0.5, 0.6) is 5.75 Å². The molecule has 2 aromatic heterocycles. The van der Waals surface area contributed by atoms with Crippen molar-refractivity contribution in [2.45, 2.75) is 101 Å². The van der Waals surface area contributed by atoms with Crippen LogP contribution in [0.25, 0.3) is 11.0 Å². The predicted molar refractivity (Wildman–Crippen MR) is 114 cm³/mol. The van der Waals surface area contributed by atoms with Gasteiger partial charge in [0.25, 0.3) is 0 Å². The quantitative estimate of drug-likeness (QED) is 0.650. The van der Waals surface area contributed by atoms with E-state index in [1.165, 1.54) is 6.20 Å². The van der Waals surface area contributed by atoms with Gasteiger partial charge in [0.05, 0.1) is 23.3 Å². The molecule has 0 aromatic carbocycles. The molecule has 6 nitrogen and oxygen atoms in total. The standard InChI is InChI=1S/C24H32FN3O3/c1-13(17-10-26-22-20(17)21(25)18(11-27-22)31-16-3-4-16)5-19(29)28-14-6-23(2)7-15(28)9-24(30,8-14)12-23/h10-11,13-16,19,29-30H,3-9,12H2,1-2H3,(H,26,27). The zero-order valence-electron chi connectivity index (χ0n) is 18.3. The van der Waals surface area contributed by atoms with Crippen molar-refractivity contribution in [2.24, 2.45) is 5.41 Å². The summed E-state index contributed by atoms with van der Waals surface area (Å²) in [6.45, 7) is 4.32. The third kappa shape index (κ3) is 3.28. The Labute approximate surface area is 181 Å². The fraction of sp³-hybridized carbons (Fsp3) is 0.708. The summed E-state index contributed by atoms with van der Waals surface area (Å²) < 4.78 is 20.9. The van der Waals surface area contributed by atoms with Crippen LogP contribution in [0, 0.1) is 11.2 Å². The number of aliphatic hydroxyl groups is 2. The number of nitrogens with zero attached hydrogens (tertiary/aromatic N) is 2. The second-order valence-electron chi connectivity index (χ2n) is 11.1. The van der Waals surface area contributed by atoms with Crippen LogP contribution < -0.4 is 4.74 Å². The fourth-order valence-corrected chi connectivity index (χ4v) is 7.08. The van der Waals surface area contributed by atoms with Crippen LogP contribution >= 0.6 is 0 Å². The van der Waals surface area contributed by atoms with Gasteiger partial charge in [-0.1, -0.05) is 13.8 Å². The van der Waals surface area contributed by atoms with E-state index in [0.29, 0.717) is 17.5 Å². The molecule has 5 fully saturated rings. The van der Waals surface area contributed by atoms with Crippen LogP contribution in [0.15, 0.2) is 12.4 Å². The minimum absolute atomic E-state index is 0.0490. The van der Waals surface area contributed by atoms with Crippen LogP contribution in [-0.4, -0.2) is 55.1 Å². The normalized spacial score (nSPS) is 36.8. The summed E-state index contributed by atoms with van der Waals surface area (Å²) in [5, 5.41) is 22.7. The van der Waals surface area contributed by atoms with Crippen molar-refractivity contribution >= 4 is 11.0 Å². The number of aromatic amines is 1. The maximum absolute atomic E-state index is 15.2. The number of rotatable bonds is 6. The van der Waals surface area contributed by atoms with Crippen LogP contribution in [0.2, 0.25) is 0 Å². The summed E-state index contributed by atoms with van der Waals surface area (Å²) in [6.07, 6.45) is 9.67. The molecule has 2 aromatic rings. The molecule has 168 valence electrons. The van der Waals surface area contributed by atoms with E-state index in [1.807, 2.05) is 13.1 Å². The summed E-state index contributed by atoms with van der Waals surface area (Å²) in [6, 6.07) is 0.441. The van der Waals surface area contributed by atoms with E-state index in [9.17, 15) is 10.2 Å². The number of piperidine rings is 2. The third-order valence-corrected chi connectivity index (χ3v) is 8.18. The Kier molecular flexibility index (Phi) is 4.28. The molecule has 2 saturated heterocycles. The Morgan fingerprint density at radius 2 is 2.00 bits per heavy atom. The van der Waals surface area contributed by atoms with E-state index in [1.54, 1.807) is 0 Å². The molecular weight excluding hydrogens is 397 g/mol. The van der Waals surface area contributed by atoms with Crippen molar-refractivity contribution in [3.8, 4) is 5.75 Å². The lowest BCUT2D eigenvalue weighted by Gasteiger charge is -2.64. The molecule has 2 aliphatic heterocycles. The lowest BCUT2D eigenvalue weighted by atomic mass is 9.54. The largest absolute Gasteiger partial charge is 0.486 e. The zero-order chi connectivity index (χ0) is 21.5. The molecule has 3 aliphatic carbocycles. The minimum Gasteiger partial charge on any atom is -0.486 e. The van der Waals surface area contributed by atoms with Gasteiger partial charge in [0, 0.05) is 18.3 Å². The van der Waals surface area contributed by atoms with Crippen LogP contribution in [0.4, 0.5) is 4.39 Å². The number of aliphatic hydroxyl groups excluding tert-OH is 1. The van der Waals surface area contributed by atoms with Gasteiger partial charge < -0.3 is 19.9 Å². The maximum atomic E-state index is 15.2. The summed E-state index contributed by atoms with van der Waals surface area (Å²) in [5.74, 6) is -0.193. The van der Waals surface area contributed by atoms with Crippen molar-refractivity contribution in [3.05, 3.63) is 23.8 Å². The first kappa shape index (κ1) is 19.9. The summed E-state index contributed by atoms with van der Waals surface area (Å²) in [4.78, 5) is 9.68. The van der Waals surface area contributed by atoms with Crippen molar-refractivity contribution in [3.63, 3.8) is 0 Å². The first-order chi connectivity index (χ1) is 14.7. The highest BCUT2D eigenvalue weighted by atomic mass is 19.1. The Bertz CT molecular complexity index is 983. The monoisotopic (exact) mass is 429 g/mol. The molecule has 3 N–H and O–H groups in total. The number of nitrogens with one attached hydrogen (secondary N) is 1. The molecule has 0 radical (unpaired) electrons. The van der Waals surface area contributed by atoms with Crippen molar-refractivity contribution in [2.75, 3.05) is 0 Å². The van der Waals surface area contributed by atoms with E-state index < -0.39 is 11.8 Å². The summed E-state index contributed by atoms with van der Waals surface area (Å²) >= 11 is 0. The smallest absolute Gasteiger partial charge is 0.177 e. The average Bonchev–Trinajstić information content (AvgIpc) is 3.36. The van der Waals surface area contributed by atoms with Gasteiger partial charge in [0.15, 0.2) is 11.6 Å². The fourth-order valence-electron chi connectivity index (χ4n) is 7.08. The molecule has 5 aliphatic rings. The SMILES string of the molecule is CC(CC(O)N1C2CC3(C)CC1CC(O)(C2)C3)c1c[nH]c2ncc(OC3CC3)c(F)c12. The van der Waals surface area contributed by atoms with E-state index >= 15 is 4.39 Å². The van der Waals surface area contributed by atoms with Crippen molar-refractivity contribution < 1.29 is 19.3 Å². The van der Waals surface area contributed by atoms with Gasteiger partial charge in [-0.15, -0.1) is 0 Å². The molecule has 4 bridgehead atoms. The Hall–Kier alpha value is -1.70. The molecule has 7 rings (SSSR count). The number of hydrogen-bond acceptors (Lipinski definition) is 5. The summed E-state index contributed by atoms with van der Waals surface area (Å²) in [5.41, 5.74) is 0.968.